The van der Waals surface area contributed by atoms with Crippen LogP contribution in [0.1, 0.15) is 32.8 Å². The number of likely N-dealkylation sites (N-methyl/N-ethyl adjacent to an activating group) is 1. The Morgan fingerprint density at radius 1 is 1.19 bits per heavy atom. The smallest absolute Gasteiger partial charge is 0.221 e. The molecule has 1 aromatic rings. The minimum absolute atomic E-state index is 0.0385. The molecule has 2 N–H and O–H groups in total. The van der Waals surface area contributed by atoms with E-state index in [2.05, 4.69) is 43.5 Å². The summed E-state index contributed by atoms with van der Waals surface area (Å²) in [5.41, 5.74) is 2.07. The van der Waals surface area contributed by atoms with Crippen LogP contribution in [0.5, 0.6) is 0 Å². The van der Waals surface area contributed by atoms with Crippen molar-refractivity contribution in [1.82, 2.24) is 10.2 Å². The number of hydrogen-bond acceptors (Lipinski definition) is 3. The predicted octanol–water partition coefficient (Wildman–Crippen LogP) is 2.71. The van der Waals surface area contributed by atoms with Crippen LogP contribution in [0.3, 0.4) is 0 Å². The second kappa shape index (κ2) is 8.80. The van der Waals surface area contributed by atoms with E-state index >= 15 is 0 Å². The summed E-state index contributed by atoms with van der Waals surface area (Å²) in [7, 11) is 4.27. The third kappa shape index (κ3) is 7.25. The Bertz CT molecular complexity index is 426. The highest BCUT2D eigenvalue weighted by molar-refractivity contribution is 5.88. The van der Waals surface area contributed by atoms with Gasteiger partial charge in [0.05, 0.1) is 0 Å². The molecule has 1 aromatic carbocycles. The number of carbonyl (C=O) groups excluding carboxylic acids is 1. The number of benzene rings is 1. The minimum atomic E-state index is -0.0385. The SMILES string of the molecule is CC(=O)Nc1ccc(CNCC(CC(C)C)N(C)C)cc1. The second-order valence-electron chi connectivity index (χ2n) is 6.26. The van der Waals surface area contributed by atoms with Crippen molar-refractivity contribution in [1.29, 1.82) is 0 Å². The number of nitrogens with zero attached hydrogens (tertiary/aromatic N) is 1. The molecule has 4 nitrogen and oxygen atoms in total. The van der Waals surface area contributed by atoms with Gasteiger partial charge in [-0.3, -0.25) is 4.79 Å². The van der Waals surface area contributed by atoms with Gasteiger partial charge in [-0.05, 0) is 44.1 Å². The number of anilines is 1. The summed E-state index contributed by atoms with van der Waals surface area (Å²) in [4.78, 5) is 13.3. The highest BCUT2D eigenvalue weighted by Crippen LogP contribution is 2.11. The van der Waals surface area contributed by atoms with Gasteiger partial charge in [0.15, 0.2) is 0 Å². The lowest BCUT2D eigenvalue weighted by molar-refractivity contribution is -0.114. The second-order valence-corrected chi connectivity index (χ2v) is 6.26. The summed E-state index contributed by atoms with van der Waals surface area (Å²) in [5.74, 6) is 0.666. The fourth-order valence-electron chi connectivity index (χ4n) is 2.31. The van der Waals surface area contributed by atoms with E-state index in [0.717, 1.165) is 18.8 Å². The van der Waals surface area contributed by atoms with E-state index in [4.69, 9.17) is 0 Å². The molecule has 0 aromatic heterocycles. The first-order valence-electron chi connectivity index (χ1n) is 7.62. The molecule has 0 spiro atoms. The molecular formula is C17H29N3O. The normalized spacial score (nSPS) is 12.7. The van der Waals surface area contributed by atoms with Crippen LogP contribution in [0.15, 0.2) is 24.3 Å². The maximum Gasteiger partial charge on any atom is 0.221 e. The van der Waals surface area contributed by atoms with Gasteiger partial charge < -0.3 is 15.5 Å². The van der Waals surface area contributed by atoms with Crippen LogP contribution in [0.25, 0.3) is 0 Å². The number of nitrogens with one attached hydrogen (secondary N) is 2. The van der Waals surface area contributed by atoms with Crippen LogP contribution in [-0.2, 0) is 11.3 Å². The molecular weight excluding hydrogens is 262 g/mol. The Kier molecular flexibility index (Phi) is 7.40. The first-order chi connectivity index (χ1) is 9.88. The zero-order valence-corrected chi connectivity index (χ0v) is 13.9. The Morgan fingerprint density at radius 3 is 2.29 bits per heavy atom. The third-order valence-corrected chi connectivity index (χ3v) is 3.46. The summed E-state index contributed by atoms with van der Waals surface area (Å²) in [6.45, 7) is 7.88. The summed E-state index contributed by atoms with van der Waals surface area (Å²) >= 11 is 0. The summed E-state index contributed by atoms with van der Waals surface area (Å²) in [5, 5.41) is 6.30. The molecule has 118 valence electrons. The number of rotatable bonds is 8. The van der Waals surface area contributed by atoms with Crippen molar-refractivity contribution in [2.24, 2.45) is 5.92 Å². The average molecular weight is 291 g/mol. The van der Waals surface area contributed by atoms with Crippen LogP contribution in [0, 0.1) is 5.92 Å². The van der Waals surface area contributed by atoms with Gasteiger partial charge >= 0.3 is 0 Å². The van der Waals surface area contributed by atoms with Crippen molar-refractivity contribution in [3.63, 3.8) is 0 Å². The summed E-state index contributed by atoms with van der Waals surface area (Å²) < 4.78 is 0. The van der Waals surface area contributed by atoms with Gasteiger partial charge in [-0.2, -0.15) is 0 Å². The Balaban J connectivity index is 2.42. The summed E-state index contributed by atoms with van der Waals surface area (Å²) in [6.07, 6.45) is 1.20. The fraction of sp³-hybridized carbons (Fsp3) is 0.588. The van der Waals surface area contributed by atoms with Crippen LogP contribution in [0.2, 0.25) is 0 Å². The molecule has 0 bridgehead atoms. The highest BCUT2D eigenvalue weighted by atomic mass is 16.1. The van der Waals surface area contributed by atoms with Crippen molar-refractivity contribution >= 4 is 11.6 Å². The zero-order valence-electron chi connectivity index (χ0n) is 13.9. The van der Waals surface area contributed by atoms with Gasteiger partial charge in [-0.25, -0.2) is 0 Å². The predicted molar refractivity (Wildman–Crippen MR) is 89.4 cm³/mol. The Labute approximate surface area is 128 Å². The van der Waals surface area contributed by atoms with Gasteiger partial charge in [-0.15, -0.1) is 0 Å². The Hall–Kier alpha value is -1.39. The lowest BCUT2D eigenvalue weighted by atomic mass is 10.0. The first-order valence-corrected chi connectivity index (χ1v) is 7.62. The molecule has 0 saturated heterocycles. The van der Waals surface area contributed by atoms with E-state index in [0.29, 0.717) is 12.0 Å². The molecule has 0 radical (unpaired) electrons. The molecule has 0 heterocycles. The lowest BCUT2D eigenvalue weighted by Gasteiger charge is -2.26. The molecule has 0 aliphatic heterocycles. The van der Waals surface area contributed by atoms with Gasteiger partial charge in [-0.1, -0.05) is 26.0 Å². The van der Waals surface area contributed by atoms with Crippen molar-refractivity contribution in [2.75, 3.05) is 26.0 Å². The number of carbonyl (C=O) groups is 1. The standard InChI is InChI=1S/C17H29N3O/c1-13(2)10-17(20(4)5)12-18-11-15-6-8-16(9-7-15)19-14(3)21/h6-9,13,17-18H,10-12H2,1-5H3,(H,19,21). The van der Waals surface area contributed by atoms with E-state index < -0.39 is 0 Å². The van der Waals surface area contributed by atoms with E-state index in [9.17, 15) is 4.79 Å². The topological polar surface area (TPSA) is 44.4 Å². The van der Waals surface area contributed by atoms with Crippen LogP contribution in [-0.4, -0.2) is 37.5 Å². The van der Waals surface area contributed by atoms with Gasteiger partial charge in [0, 0.05) is 31.7 Å². The lowest BCUT2D eigenvalue weighted by Crippen LogP contribution is -2.38. The fourth-order valence-corrected chi connectivity index (χ4v) is 2.31. The van der Waals surface area contributed by atoms with E-state index in [-0.39, 0.29) is 5.91 Å². The number of amides is 1. The van der Waals surface area contributed by atoms with Crippen LogP contribution in [0.4, 0.5) is 5.69 Å². The van der Waals surface area contributed by atoms with Crippen molar-refractivity contribution in [2.45, 2.75) is 39.8 Å². The molecule has 4 heteroatoms. The van der Waals surface area contributed by atoms with E-state index in [1.54, 1.807) is 0 Å². The first kappa shape index (κ1) is 17.7. The molecule has 1 amide bonds. The van der Waals surface area contributed by atoms with Crippen molar-refractivity contribution in [3.05, 3.63) is 29.8 Å². The summed E-state index contributed by atoms with van der Waals surface area (Å²) in [6, 6.07) is 8.53. The monoisotopic (exact) mass is 291 g/mol. The maximum absolute atomic E-state index is 11.0. The zero-order chi connectivity index (χ0) is 15.8. The van der Waals surface area contributed by atoms with Crippen LogP contribution < -0.4 is 10.6 Å². The molecule has 0 aliphatic carbocycles. The molecule has 1 unspecified atom stereocenters. The molecule has 1 atom stereocenters. The van der Waals surface area contributed by atoms with Crippen molar-refractivity contribution in [3.8, 4) is 0 Å². The van der Waals surface area contributed by atoms with Gasteiger partial charge in [0.25, 0.3) is 0 Å². The maximum atomic E-state index is 11.0. The van der Waals surface area contributed by atoms with Gasteiger partial charge in [0.1, 0.15) is 0 Å². The molecule has 21 heavy (non-hydrogen) atoms. The Morgan fingerprint density at radius 2 is 1.81 bits per heavy atom. The number of hydrogen-bond donors (Lipinski definition) is 2. The van der Waals surface area contributed by atoms with E-state index in [1.807, 2.05) is 24.3 Å². The van der Waals surface area contributed by atoms with E-state index in [1.165, 1.54) is 18.9 Å². The minimum Gasteiger partial charge on any atom is -0.326 e. The van der Waals surface area contributed by atoms with Gasteiger partial charge in [0.2, 0.25) is 5.91 Å². The molecule has 1 rings (SSSR count). The molecule has 0 aliphatic rings. The third-order valence-electron chi connectivity index (χ3n) is 3.46. The van der Waals surface area contributed by atoms with Crippen LogP contribution >= 0.6 is 0 Å². The average Bonchev–Trinajstić information content (AvgIpc) is 2.38. The highest BCUT2D eigenvalue weighted by Gasteiger charge is 2.12. The molecule has 0 fully saturated rings. The van der Waals surface area contributed by atoms with Crippen molar-refractivity contribution < 1.29 is 4.79 Å². The largest absolute Gasteiger partial charge is 0.326 e. The molecule has 0 saturated carbocycles. The quantitative estimate of drug-likeness (QED) is 0.774.